The van der Waals surface area contributed by atoms with Gasteiger partial charge in [0.25, 0.3) is 5.91 Å². The number of Topliss-reactive ketones (excluding diaryl/α,β-unsaturated/α-hetero) is 1. The van der Waals surface area contributed by atoms with E-state index in [4.69, 9.17) is 4.74 Å². The molecule has 1 unspecified atom stereocenters. The van der Waals surface area contributed by atoms with Gasteiger partial charge in [0, 0.05) is 6.54 Å². The molecule has 0 spiro atoms. The molecule has 0 saturated carbocycles. The van der Waals surface area contributed by atoms with Crippen LogP contribution in [0.5, 0.6) is 0 Å². The van der Waals surface area contributed by atoms with Crippen LogP contribution >= 0.6 is 0 Å². The standard InChI is InChI=1S/C23H30F9N3O5/c1-10(2)13(33-18(39)40-19(5,6)7)17(38)34-16(37)12-8-9-35(12)14(11(3)4)15(36)20(24,25)21(26,27)22(28,29)23(30,31)32/h8,10-11,13-14H,9H2,1-7H3,(H,33,39)(H,34,37,38)/t13-,14?/m0/s1. The topological polar surface area (TPSA) is 105 Å². The summed E-state index contributed by atoms with van der Waals surface area (Å²) in [6.45, 7) is 9.01. The molecule has 0 aromatic rings. The van der Waals surface area contributed by atoms with Gasteiger partial charge in [0.1, 0.15) is 17.3 Å². The Balaban J connectivity index is 3.20. The van der Waals surface area contributed by atoms with E-state index in [-0.39, 0.29) is 0 Å². The van der Waals surface area contributed by atoms with Gasteiger partial charge < -0.3 is 15.0 Å². The minimum absolute atomic E-state index is 0.469. The summed E-state index contributed by atoms with van der Waals surface area (Å²) in [6, 6.07) is -3.84. The fourth-order valence-electron chi connectivity index (χ4n) is 3.52. The number of nitrogens with zero attached hydrogens (tertiary/aromatic N) is 1. The third-order valence-electron chi connectivity index (χ3n) is 5.57. The quantitative estimate of drug-likeness (QED) is 0.360. The van der Waals surface area contributed by atoms with E-state index in [1.807, 2.05) is 5.32 Å². The van der Waals surface area contributed by atoms with Gasteiger partial charge in [-0.1, -0.05) is 27.7 Å². The lowest BCUT2D eigenvalue weighted by molar-refractivity contribution is -0.388. The Morgan fingerprint density at radius 1 is 0.850 bits per heavy atom. The molecule has 8 nitrogen and oxygen atoms in total. The van der Waals surface area contributed by atoms with E-state index in [0.29, 0.717) is 4.90 Å². The molecule has 2 atom stereocenters. The van der Waals surface area contributed by atoms with E-state index in [0.717, 1.165) is 19.9 Å². The smallest absolute Gasteiger partial charge is 0.444 e. The van der Waals surface area contributed by atoms with Gasteiger partial charge in [0.2, 0.25) is 11.7 Å². The van der Waals surface area contributed by atoms with Crippen molar-refractivity contribution in [3.8, 4) is 0 Å². The Hall–Kier alpha value is -3.01. The predicted molar refractivity (Wildman–Crippen MR) is 120 cm³/mol. The second-order valence-corrected chi connectivity index (χ2v) is 10.7. The molecule has 0 aromatic heterocycles. The minimum atomic E-state index is -7.27. The molecule has 3 amide bonds. The Morgan fingerprint density at radius 2 is 1.35 bits per heavy atom. The van der Waals surface area contributed by atoms with E-state index in [1.54, 1.807) is 0 Å². The van der Waals surface area contributed by atoms with Crippen LogP contribution in [0.2, 0.25) is 0 Å². The first kappa shape index (κ1) is 35.0. The maximum absolute atomic E-state index is 14.4. The summed E-state index contributed by atoms with van der Waals surface area (Å²) >= 11 is 0. The molecule has 17 heteroatoms. The van der Waals surface area contributed by atoms with E-state index < -0.39 is 89.4 Å². The van der Waals surface area contributed by atoms with Crippen LogP contribution in [0.15, 0.2) is 11.8 Å². The maximum Gasteiger partial charge on any atom is 0.460 e. The zero-order chi connectivity index (χ0) is 31.8. The summed E-state index contributed by atoms with van der Waals surface area (Å²) in [5.74, 6) is -28.5. The van der Waals surface area contributed by atoms with Crippen molar-refractivity contribution < 1.29 is 63.4 Å². The van der Waals surface area contributed by atoms with Gasteiger partial charge in [-0.15, -0.1) is 0 Å². The number of halogens is 9. The molecular weight excluding hydrogens is 569 g/mol. The first-order valence-electron chi connectivity index (χ1n) is 11.8. The molecule has 0 aromatic carbocycles. The summed E-state index contributed by atoms with van der Waals surface area (Å²) in [6.07, 6.45) is -7.17. The van der Waals surface area contributed by atoms with E-state index in [1.165, 1.54) is 34.6 Å². The fourth-order valence-corrected chi connectivity index (χ4v) is 3.52. The molecule has 0 radical (unpaired) electrons. The number of carbonyl (C=O) groups is 4. The van der Waals surface area contributed by atoms with E-state index in [2.05, 4.69) is 5.32 Å². The third-order valence-corrected chi connectivity index (χ3v) is 5.57. The number of imide groups is 1. The number of alkyl carbamates (subject to hydrolysis) is 1. The lowest BCUT2D eigenvalue weighted by Crippen LogP contribution is -2.67. The molecule has 1 heterocycles. The van der Waals surface area contributed by atoms with Crippen LogP contribution in [-0.4, -0.2) is 76.8 Å². The third kappa shape index (κ3) is 7.00. The molecule has 1 rings (SSSR count). The van der Waals surface area contributed by atoms with Gasteiger partial charge in [-0.05, 0) is 38.7 Å². The minimum Gasteiger partial charge on any atom is -0.444 e. The fraction of sp³-hybridized carbons (Fsp3) is 0.739. The Bertz CT molecular complexity index is 1030. The first-order chi connectivity index (χ1) is 17.7. The average molecular weight is 599 g/mol. The molecule has 2 N–H and O–H groups in total. The number of hydrogen-bond acceptors (Lipinski definition) is 6. The van der Waals surface area contributed by atoms with Gasteiger partial charge in [0.05, 0.1) is 6.04 Å². The van der Waals surface area contributed by atoms with Crippen molar-refractivity contribution >= 4 is 23.7 Å². The molecule has 0 aliphatic carbocycles. The number of amides is 3. The Labute approximate surface area is 223 Å². The highest BCUT2D eigenvalue weighted by Gasteiger charge is 2.84. The Morgan fingerprint density at radius 3 is 1.70 bits per heavy atom. The first-order valence-corrected chi connectivity index (χ1v) is 11.8. The van der Waals surface area contributed by atoms with Crippen LogP contribution in [0.4, 0.5) is 44.3 Å². The largest absolute Gasteiger partial charge is 0.460 e. The van der Waals surface area contributed by atoms with Gasteiger partial charge in [-0.2, -0.15) is 39.5 Å². The molecule has 230 valence electrons. The molecule has 0 fully saturated rings. The highest BCUT2D eigenvalue weighted by atomic mass is 19.4. The van der Waals surface area contributed by atoms with Crippen molar-refractivity contribution in [1.82, 2.24) is 15.5 Å². The van der Waals surface area contributed by atoms with E-state index in [9.17, 15) is 58.7 Å². The molecule has 0 bridgehead atoms. The van der Waals surface area contributed by atoms with Crippen molar-refractivity contribution in [2.24, 2.45) is 11.8 Å². The second kappa shape index (κ2) is 11.5. The number of ketones is 1. The average Bonchev–Trinajstić information content (AvgIpc) is 2.71. The van der Waals surface area contributed by atoms with Crippen LogP contribution < -0.4 is 10.6 Å². The van der Waals surface area contributed by atoms with Crippen LogP contribution in [0.3, 0.4) is 0 Å². The molecular formula is C23H30F9N3O5. The summed E-state index contributed by atoms with van der Waals surface area (Å²) in [5, 5.41) is 4.06. The van der Waals surface area contributed by atoms with Gasteiger partial charge >= 0.3 is 30.0 Å². The monoisotopic (exact) mass is 599 g/mol. The lowest BCUT2D eigenvalue weighted by Gasteiger charge is -2.43. The second-order valence-electron chi connectivity index (χ2n) is 10.7. The number of ether oxygens (including phenoxy) is 1. The molecule has 1 aliphatic heterocycles. The van der Waals surface area contributed by atoms with Crippen LogP contribution in [0.1, 0.15) is 48.5 Å². The van der Waals surface area contributed by atoms with Gasteiger partial charge in [-0.25, -0.2) is 4.79 Å². The highest BCUT2D eigenvalue weighted by molar-refractivity contribution is 6.07. The number of nitrogens with one attached hydrogen (secondary N) is 2. The number of hydrogen-bond donors (Lipinski definition) is 2. The summed E-state index contributed by atoms with van der Waals surface area (Å²) in [7, 11) is 0. The van der Waals surface area contributed by atoms with Crippen molar-refractivity contribution in [3.05, 3.63) is 11.8 Å². The van der Waals surface area contributed by atoms with Crippen molar-refractivity contribution in [1.29, 1.82) is 0 Å². The molecule has 1 aliphatic rings. The number of carbonyl (C=O) groups excluding carboxylic acids is 4. The number of alkyl halides is 9. The zero-order valence-electron chi connectivity index (χ0n) is 22.5. The molecule has 40 heavy (non-hydrogen) atoms. The summed E-state index contributed by atoms with van der Waals surface area (Å²) in [4.78, 5) is 50.3. The summed E-state index contributed by atoms with van der Waals surface area (Å²) in [5.41, 5.74) is -1.64. The SMILES string of the molecule is CC(C)C(C(=O)C(F)(F)C(F)(F)C(F)(F)C(F)(F)F)N1CC=C1C(=O)NC(=O)[C@@H](NC(=O)OC(C)(C)C)C(C)C. The van der Waals surface area contributed by atoms with Gasteiger partial charge in [-0.3, -0.25) is 19.7 Å². The van der Waals surface area contributed by atoms with Gasteiger partial charge in [0.15, 0.2) is 0 Å². The summed E-state index contributed by atoms with van der Waals surface area (Å²) < 4.78 is 126. The number of rotatable bonds is 10. The van der Waals surface area contributed by atoms with Crippen molar-refractivity contribution in [2.75, 3.05) is 6.54 Å². The van der Waals surface area contributed by atoms with Crippen LogP contribution in [0, 0.1) is 11.8 Å². The van der Waals surface area contributed by atoms with Crippen molar-refractivity contribution in [3.63, 3.8) is 0 Å². The molecule has 0 saturated heterocycles. The zero-order valence-corrected chi connectivity index (χ0v) is 22.5. The van der Waals surface area contributed by atoms with Crippen molar-refractivity contribution in [2.45, 2.75) is 90.1 Å². The van der Waals surface area contributed by atoms with E-state index >= 15 is 0 Å². The lowest BCUT2D eigenvalue weighted by atomic mass is 9.87. The normalized spacial score (nSPS) is 16.6. The Kier molecular flexibility index (Phi) is 10.0. The maximum atomic E-state index is 14.4. The van der Waals surface area contributed by atoms with Crippen LogP contribution in [-0.2, 0) is 19.1 Å². The predicted octanol–water partition coefficient (Wildman–Crippen LogP) is 4.44. The van der Waals surface area contributed by atoms with Crippen LogP contribution in [0.25, 0.3) is 0 Å². The highest BCUT2D eigenvalue weighted by Crippen LogP contribution is 2.54.